The minimum atomic E-state index is -0.392. The molecule has 0 radical (unpaired) electrons. The average molecular weight is 239 g/mol. The van der Waals surface area contributed by atoms with Crippen LogP contribution >= 0.6 is 0 Å². The smallest absolute Gasteiger partial charge is 0.323 e. The number of aliphatic hydroxyl groups is 1. The molecule has 6 nitrogen and oxygen atoms in total. The molecule has 1 aliphatic rings. The van der Waals surface area contributed by atoms with Crippen LogP contribution in [0.25, 0.3) is 0 Å². The normalized spacial score (nSPS) is 23.7. The number of aliphatic hydroxyl groups excluding tert-OH is 1. The Balaban J connectivity index is 2.14. The molecule has 17 heavy (non-hydrogen) atoms. The van der Waals surface area contributed by atoms with Gasteiger partial charge in [0, 0.05) is 24.7 Å². The Hall–Kier alpha value is -1.56. The Labute approximate surface area is 98.7 Å². The van der Waals surface area contributed by atoms with Gasteiger partial charge in [0.2, 0.25) is 0 Å². The van der Waals surface area contributed by atoms with Crippen molar-refractivity contribution in [1.29, 1.82) is 0 Å². The van der Waals surface area contributed by atoms with Crippen molar-refractivity contribution in [2.75, 3.05) is 13.1 Å². The molecule has 1 fully saturated rings. The Morgan fingerprint density at radius 2 is 2.29 bits per heavy atom. The van der Waals surface area contributed by atoms with Crippen molar-refractivity contribution in [2.24, 2.45) is 5.41 Å². The van der Waals surface area contributed by atoms with Crippen LogP contribution in [0.1, 0.15) is 30.8 Å². The number of amides is 1. The van der Waals surface area contributed by atoms with Gasteiger partial charge in [0.1, 0.15) is 5.69 Å². The van der Waals surface area contributed by atoms with Gasteiger partial charge in [-0.1, -0.05) is 13.8 Å². The molecule has 0 aromatic carbocycles. The highest BCUT2D eigenvalue weighted by Crippen LogP contribution is 2.29. The second-order valence-corrected chi connectivity index (χ2v) is 5.18. The van der Waals surface area contributed by atoms with Gasteiger partial charge in [-0.2, -0.15) is 0 Å². The van der Waals surface area contributed by atoms with Gasteiger partial charge in [0.05, 0.1) is 6.10 Å². The molecule has 1 unspecified atom stereocenters. The molecule has 1 saturated heterocycles. The van der Waals surface area contributed by atoms with Crippen LogP contribution in [0.4, 0.5) is 0 Å². The maximum absolute atomic E-state index is 12.1. The van der Waals surface area contributed by atoms with Gasteiger partial charge in [0.15, 0.2) is 0 Å². The molecule has 2 rings (SSSR count). The van der Waals surface area contributed by atoms with Crippen LogP contribution in [0.3, 0.4) is 0 Å². The van der Waals surface area contributed by atoms with E-state index in [1.165, 1.54) is 6.20 Å². The Morgan fingerprint density at radius 1 is 1.59 bits per heavy atom. The monoisotopic (exact) mass is 239 g/mol. The predicted molar refractivity (Wildman–Crippen MR) is 61.7 cm³/mol. The topological polar surface area (TPSA) is 89.2 Å². The summed E-state index contributed by atoms with van der Waals surface area (Å²) in [6, 6.07) is 0. The minimum Gasteiger partial charge on any atom is -0.392 e. The molecule has 0 bridgehead atoms. The number of imidazole rings is 1. The number of likely N-dealkylation sites (tertiary alicyclic amines) is 1. The summed E-state index contributed by atoms with van der Waals surface area (Å²) in [5, 5.41) is 9.81. The van der Waals surface area contributed by atoms with Gasteiger partial charge in [-0.3, -0.25) is 4.79 Å². The summed E-state index contributed by atoms with van der Waals surface area (Å²) in [5.41, 5.74) is -0.434. The number of hydrogen-bond donors (Lipinski definition) is 3. The van der Waals surface area contributed by atoms with Crippen LogP contribution in [0.5, 0.6) is 0 Å². The number of hydrogen-bond acceptors (Lipinski definition) is 3. The molecule has 1 aliphatic heterocycles. The molecule has 1 aromatic heterocycles. The number of nitrogens with one attached hydrogen (secondary N) is 2. The molecular formula is C11H17N3O3. The average Bonchev–Trinajstić information content (AvgIpc) is 2.68. The van der Waals surface area contributed by atoms with Crippen molar-refractivity contribution in [3.05, 3.63) is 22.4 Å². The first kappa shape index (κ1) is 11.9. The third-order valence-corrected chi connectivity index (χ3v) is 3.29. The molecule has 94 valence electrons. The van der Waals surface area contributed by atoms with Gasteiger partial charge >= 0.3 is 5.69 Å². The summed E-state index contributed by atoms with van der Waals surface area (Å²) in [6.45, 7) is 4.85. The third kappa shape index (κ3) is 2.26. The molecule has 1 amide bonds. The Morgan fingerprint density at radius 3 is 2.82 bits per heavy atom. The zero-order valence-corrected chi connectivity index (χ0v) is 9.99. The minimum absolute atomic E-state index is 0.205. The predicted octanol–water partition coefficient (Wildman–Crippen LogP) is -0.0640. The van der Waals surface area contributed by atoms with Crippen LogP contribution in [-0.4, -0.2) is 45.1 Å². The van der Waals surface area contributed by atoms with E-state index in [0.717, 1.165) is 0 Å². The van der Waals surface area contributed by atoms with E-state index >= 15 is 0 Å². The Bertz CT molecular complexity index is 474. The van der Waals surface area contributed by atoms with E-state index in [2.05, 4.69) is 9.97 Å². The summed E-state index contributed by atoms with van der Waals surface area (Å²) in [7, 11) is 0. The summed E-state index contributed by atoms with van der Waals surface area (Å²) in [5.74, 6) is -0.205. The number of aromatic nitrogens is 2. The van der Waals surface area contributed by atoms with Crippen molar-refractivity contribution in [3.8, 4) is 0 Å². The number of nitrogens with zero attached hydrogens (tertiary/aromatic N) is 1. The molecule has 3 N–H and O–H groups in total. The fourth-order valence-electron chi connectivity index (χ4n) is 2.14. The lowest BCUT2D eigenvalue weighted by atomic mass is 9.81. The first-order valence-electron chi connectivity index (χ1n) is 5.65. The number of carbonyl (C=O) groups is 1. The lowest BCUT2D eigenvalue weighted by Gasteiger charge is -2.41. The lowest BCUT2D eigenvalue weighted by molar-refractivity contribution is -0.0183. The van der Waals surface area contributed by atoms with Crippen LogP contribution in [0.15, 0.2) is 11.0 Å². The number of aromatic amines is 2. The standard InChI is InChI=1S/C11H17N3O3/c1-11(2)6-14(4-3-8(11)15)9(16)7-5-12-10(17)13-7/h5,8,15H,3-4,6H2,1-2H3,(H2,12,13,17). The SMILES string of the molecule is CC1(C)CN(C(=O)c2c[nH]c(=O)[nH]2)CCC1O. The zero-order chi connectivity index (χ0) is 12.6. The van der Waals surface area contributed by atoms with Crippen LogP contribution in [-0.2, 0) is 0 Å². The number of piperidine rings is 1. The maximum atomic E-state index is 12.1. The highest BCUT2D eigenvalue weighted by molar-refractivity contribution is 5.92. The van der Waals surface area contributed by atoms with Gasteiger partial charge in [0.25, 0.3) is 5.91 Å². The first-order valence-corrected chi connectivity index (χ1v) is 5.65. The molecule has 0 saturated carbocycles. The summed E-state index contributed by atoms with van der Waals surface area (Å²) < 4.78 is 0. The Kier molecular flexibility index (Phi) is 2.82. The molecule has 1 aromatic rings. The number of H-pyrrole nitrogens is 2. The van der Waals surface area contributed by atoms with Gasteiger partial charge < -0.3 is 20.0 Å². The summed E-state index contributed by atoms with van der Waals surface area (Å²) in [6.07, 6.45) is 1.55. The van der Waals surface area contributed by atoms with Crippen LogP contribution in [0.2, 0.25) is 0 Å². The van der Waals surface area contributed by atoms with Crippen LogP contribution in [0, 0.1) is 5.41 Å². The van der Waals surface area contributed by atoms with Crippen molar-refractivity contribution < 1.29 is 9.90 Å². The number of rotatable bonds is 1. The van der Waals surface area contributed by atoms with Gasteiger partial charge in [-0.15, -0.1) is 0 Å². The second kappa shape index (κ2) is 4.03. The molecule has 6 heteroatoms. The highest BCUT2D eigenvalue weighted by Gasteiger charge is 2.36. The second-order valence-electron chi connectivity index (χ2n) is 5.18. The van der Waals surface area contributed by atoms with E-state index in [9.17, 15) is 14.7 Å². The van der Waals surface area contributed by atoms with Crippen molar-refractivity contribution in [1.82, 2.24) is 14.9 Å². The van der Waals surface area contributed by atoms with E-state index in [1.54, 1.807) is 4.90 Å². The maximum Gasteiger partial charge on any atom is 0.323 e. The molecule has 1 atom stereocenters. The fraction of sp³-hybridized carbons (Fsp3) is 0.636. The van der Waals surface area contributed by atoms with Gasteiger partial charge in [-0.05, 0) is 6.42 Å². The van der Waals surface area contributed by atoms with Crippen molar-refractivity contribution in [3.63, 3.8) is 0 Å². The quantitative estimate of drug-likeness (QED) is 0.641. The largest absolute Gasteiger partial charge is 0.392 e. The fourth-order valence-corrected chi connectivity index (χ4v) is 2.14. The third-order valence-electron chi connectivity index (χ3n) is 3.29. The van der Waals surface area contributed by atoms with E-state index in [4.69, 9.17) is 0 Å². The van der Waals surface area contributed by atoms with E-state index in [0.29, 0.717) is 19.5 Å². The molecular weight excluding hydrogens is 222 g/mol. The summed E-state index contributed by atoms with van der Waals surface area (Å²) >= 11 is 0. The lowest BCUT2D eigenvalue weighted by Crippen LogP contribution is -2.50. The summed E-state index contributed by atoms with van der Waals surface area (Å²) in [4.78, 5) is 29.5. The number of carbonyl (C=O) groups excluding carboxylic acids is 1. The van der Waals surface area contributed by atoms with E-state index in [1.807, 2.05) is 13.8 Å². The zero-order valence-electron chi connectivity index (χ0n) is 9.99. The molecule has 0 spiro atoms. The van der Waals surface area contributed by atoms with E-state index in [-0.39, 0.29) is 22.7 Å². The molecule has 2 heterocycles. The van der Waals surface area contributed by atoms with Gasteiger partial charge in [-0.25, -0.2) is 4.79 Å². The first-order chi connectivity index (χ1) is 7.90. The van der Waals surface area contributed by atoms with E-state index < -0.39 is 6.10 Å². The van der Waals surface area contributed by atoms with Crippen molar-refractivity contribution >= 4 is 5.91 Å². The highest BCUT2D eigenvalue weighted by atomic mass is 16.3. The van der Waals surface area contributed by atoms with Crippen LogP contribution < -0.4 is 5.69 Å². The van der Waals surface area contributed by atoms with Crippen molar-refractivity contribution in [2.45, 2.75) is 26.4 Å². The molecule has 0 aliphatic carbocycles.